The van der Waals surface area contributed by atoms with Crippen molar-refractivity contribution in [2.75, 3.05) is 32.5 Å². The van der Waals surface area contributed by atoms with E-state index in [1.807, 2.05) is 0 Å². The number of nitrogens with zero attached hydrogens (tertiary/aromatic N) is 1. The third-order valence-corrected chi connectivity index (χ3v) is 5.09. The molecule has 2 rings (SSSR count). The minimum atomic E-state index is -3.48. The van der Waals surface area contributed by atoms with Crippen molar-refractivity contribution in [2.24, 2.45) is 0 Å². The molecule has 1 fully saturated rings. The first-order chi connectivity index (χ1) is 11.3. The Bertz CT molecular complexity index is 643. The van der Waals surface area contributed by atoms with Gasteiger partial charge in [0.1, 0.15) is 5.82 Å². The summed E-state index contributed by atoms with van der Waals surface area (Å²) in [5, 5.41) is 2.69. The summed E-state index contributed by atoms with van der Waals surface area (Å²) in [4.78, 5) is 12.0. The molecule has 0 aliphatic carbocycles. The van der Waals surface area contributed by atoms with Crippen LogP contribution in [0.4, 0.5) is 4.39 Å². The van der Waals surface area contributed by atoms with Gasteiger partial charge in [-0.3, -0.25) is 4.79 Å². The fourth-order valence-corrected chi connectivity index (χ4v) is 3.33. The number of sulfonamides is 1. The van der Waals surface area contributed by atoms with Crippen molar-refractivity contribution >= 4 is 15.9 Å². The van der Waals surface area contributed by atoms with E-state index in [0.717, 1.165) is 29.0 Å². The molecule has 1 amide bonds. The van der Waals surface area contributed by atoms with Gasteiger partial charge in [-0.15, -0.1) is 0 Å². The molecule has 1 N–H and O–H groups in total. The van der Waals surface area contributed by atoms with E-state index < -0.39 is 10.0 Å². The van der Waals surface area contributed by atoms with Gasteiger partial charge in [0.05, 0.1) is 18.9 Å². The van der Waals surface area contributed by atoms with Gasteiger partial charge < -0.3 is 10.1 Å². The Kier molecular flexibility index (Phi) is 6.70. The van der Waals surface area contributed by atoms with Crippen LogP contribution in [0.5, 0.6) is 0 Å². The van der Waals surface area contributed by atoms with Crippen molar-refractivity contribution < 1.29 is 22.3 Å². The smallest absolute Gasteiger partial charge is 0.235 e. The van der Waals surface area contributed by atoms with Crippen LogP contribution < -0.4 is 5.32 Å². The Morgan fingerprint density at radius 3 is 2.67 bits per heavy atom. The Labute approximate surface area is 142 Å². The average molecular weight is 358 g/mol. The van der Waals surface area contributed by atoms with Crippen LogP contribution in [0.2, 0.25) is 0 Å². The molecule has 1 aliphatic rings. The number of amides is 1. The number of halogens is 1. The molecule has 6 nitrogen and oxygen atoms in total. The van der Waals surface area contributed by atoms with Crippen LogP contribution in [0.3, 0.4) is 0 Å². The lowest BCUT2D eigenvalue weighted by Crippen LogP contribution is -2.44. The monoisotopic (exact) mass is 358 g/mol. The second-order valence-corrected chi connectivity index (χ2v) is 7.90. The topological polar surface area (TPSA) is 75.7 Å². The van der Waals surface area contributed by atoms with Crippen LogP contribution in [-0.2, 0) is 26.0 Å². The molecule has 1 aliphatic heterocycles. The van der Waals surface area contributed by atoms with E-state index >= 15 is 0 Å². The summed E-state index contributed by atoms with van der Waals surface area (Å²) in [6.45, 7) is 0.973. The lowest BCUT2D eigenvalue weighted by molar-refractivity contribution is -0.121. The maximum absolute atomic E-state index is 12.8. The molecule has 0 bridgehead atoms. The van der Waals surface area contributed by atoms with Gasteiger partial charge in [-0.1, -0.05) is 12.1 Å². The molecule has 134 valence electrons. The van der Waals surface area contributed by atoms with E-state index in [1.165, 1.54) is 12.1 Å². The minimum absolute atomic E-state index is 0.147. The maximum atomic E-state index is 12.8. The Morgan fingerprint density at radius 1 is 1.38 bits per heavy atom. The van der Waals surface area contributed by atoms with Gasteiger partial charge in [-0.2, -0.15) is 4.31 Å². The van der Waals surface area contributed by atoms with Gasteiger partial charge in [-0.05, 0) is 37.0 Å². The van der Waals surface area contributed by atoms with Gasteiger partial charge in [0.25, 0.3) is 0 Å². The lowest BCUT2D eigenvalue weighted by Gasteiger charge is -2.22. The van der Waals surface area contributed by atoms with E-state index in [4.69, 9.17) is 4.74 Å². The summed E-state index contributed by atoms with van der Waals surface area (Å²) in [7, 11) is -3.48. The summed E-state index contributed by atoms with van der Waals surface area (Å²) in [5.41, 5.74) is 0.899. The summed E-state index contributed by atoms with van der Waals surface area (Å²) in [6.07, 6.45) is 3.21. The van der Waals surface area contributed by atoms with Gasteiger partial charge in [0, 0.05) is 19.7 Å². The molecule has 0 spiro atoms. The quantitative estimate of drug-likeness (QED) is 0.750. The molecule has 1 saturated heterocycles. The standard InChI is InChI=1S/C16H23FN2O4S/c1-24(21,22)19(11-15-3-2-10-23-15)12-16(20)18-9-8-13-4-6-14(17)7-5-13/h4-7,15H,2-3,8-12H2,1H3,(H,18,20). The number of carbonyl (C=O) groups is 1. The zero-order valence-electron chi connectivity index (χ0n) is 13.7. The zero-order chi connectivity index (χ0) is 17.6. The van der Waals surface area contributed by atoms with Crippen LogP contribution in [0.15, 0.2) is 24.3 Å². The Balaban J connectivity index is 1.80. The van der Waals surface area contributed by atoms with Crippen molar-refractivity contribution in [3.05, 3.63) is 35.6 Å². The number of nitrogens with one attached hydrogen (secondary N) is 1. The normalized spacial score (nSPS) is 18.0. The molecule has 0 aromatic heterocycles. The number of benzene rings is 1. The molecule has 0 saturated carbocycles. The molecular formula is C16H23FN2O4S. The fourth-order valence-electron chi connectivity index (χ4n) is 2.55. The van der Waals surface area contributed by atoms with Crippen LogP contribution >= 0.6 is 0 Å². The SMILES string of the molecule is CS(=O)(=O)N(CC(=O)NCCc1ccc(F)cc1)CC1CCCO1. The van der Waals surface area contributed by atoms with E-state index in [2.05, 4.69) is 5.32 Å². The molecule has 8 heteroatoms. The van der Waals surface area contributed by atoms with E-state index in [9.17, 15) is 17.6 Å². The molecular weight excluding hydrogens is 335 g/mol. The third-order valence-electron chi connectivity index (χ3n) is 3.87. The highest BCUT2D eigenvalue weighted by Crippen LogP contribution is 2.14. The zero-order valence-corrected chi connectivity index (χ0v) is 14.5. The largest absolute Gasteiger partial charge is 0.377 e. The predicted octanol–water partition coefficient (Wildman–Crippen LogP) is 0.925. The summed E-state index contributed by atoms with van der Waals surface area (Å²) in [6, 6.07) is 6.04. The van der Waals surface area contributed by atoms with Crippen molar-refractivity contribution in [2.45, 2.75) is 25.4 Å². The summed E-state index contributed by atoms with van der Waals surface area (Å²) in [5.74, 6) is -0.666. The van der Waals surface area contributed by atoms with Crippen molar-refractivity contribution in [1.29, 1.82) is 0 Å². The molecule has 1 atom stereocenters. The highest BCUT2D eigenvalue weighted by Gasteiger charge is 2.26. The first-order valence-electron chi connectivity index (χ1n) is 7.92. The third kappa shape index (κ3) is 6.18. The average Bonchev–Trinajstić information content (AvgIpc) is 3.01. The van der Waals surface area contributed by atoms with Crippen LogP contribution in [-0.4, -0.2) is 57.2 Å². The number of ether oxygens (including phenoxy) is 1. The fraction of sp³-hybridized carbons (Fsp3) is 0.562. The van der Waals surface area contributed by atoms with Gasteiger partial charge in [0.2, 0.25) is 15.9 Å². The van der Waals surface area contributed by atoms with E-state index in [0.29, 0.717) is 19.6 Å². The van der Waals surface area contributed by atoms with E-state index in [1.54, 1.807) is 12.1 Å². The number of hydrogen-bond acceptors (Lipinski definition) is 4. The first-order valence-corrected chi connectivity index (χ1v) is 9.77. The molecule has 1 aromatic rings. The van der Waals surface area contributed by atoms with Crippen molar-refractivity contribution in [3.63, 3.8) is 0 Å². The number of carbonyl (C=O) groups excluding carboxylic acids is 1. The second-order valence-electron chi connectivity index (χ2n) is 5.92. The van der Waals surface area contributed by atoms with Crippen LogP contribution in [0.25, 0.3) is 0 Å². The van der Waals surface area contributed by atoms with Crippen molar-refractivity contribution in [1.82, 2.24) is 9.62 Å². The molecule has 0 radical (unpaired) electrons. The second kappa shape index (κ2) is 8.55. The summed E-state index contributed by atoms with van der Waals surface area (Å²) >= 11 is 0. The Morgan fingerprint density at radius 2 is 2.08 bits per heavy atom. The highest BCUT2D eigenvalue weighted by atomic mass is 32.2. The van der Waals surface area contributed by atoms with Crippen LogP contribution in [0, 0.1) is 5.82 Å². The number of hydrogen-bond donors (Lipinski definition) is 1. The van der Waals surface area contributed by atoms with E-state index in [-0.39, 0.29) is 30.9 Å². The van der Waals surface area contributed by atoms with Crippen LogP contribution in [0.1, 0.15) is 18.4 Å². The highest BCUT2D eigenvalue weighted by molar-refractivity contribution is 7.88. The Hall–Kier alpha value is -1.51. The van der Waals surface area contributed by atoms with Crippen molar-refractivity contribution in [3.8, 4) is 0 Å². The first kappa shape index (κ1) is 18.8. The van der Waals surface area contributed by atoms with Gasteiger partial charge in [-0.25, -0.2) is 12.8 Å². The lowest BCUT2D eigenvalue weighted by atomic mass is 10.1. The molecule has 24 heavy (non-hydrogen) atoms. The predicted molar refractivity (Wildman–Crippen MR) is 88.5 cm³/mol. The molecule has 1 unspecified atom stereocenters. The summed E-state index contributed by atoms with van der Waals surface area (Å²) < 4.78 is 43.1. The molecule has 1 heterocycles. The maximum Gasteiger partial charge on any atom is 0.235 e. The van der Waals surface area contributed by atoms with Gasteiger partial charge in [0.15, 0.2) is 0 Å². The minimum Gasteiger partial charge on any atom is -0.377 e. The van der Waals surface area contributed by atoms with Gasteiger partial charge >= 0.3 is 0 Å². The molecule has 1 aromatic carbocycles. The number of rotatable bonds is 8.